The molecule has 0 unspecified atom stereocenters. The van der Waals surface area contributed by atoms with Crippen LogP contribution in [0.5, 0.6) is 5.75 Å². The monoisotopic (exact) mass is 464 g/mol. The molecule has 4 aromatic rings. The van der Waals surface area contributed by atoms with Gasteiger partial charge in [0.15, 0.2) is 10.8 Å². The highest BCUT2D eigenvalue weighted by Gasteiger charge is 2.20. The second-order valence-corrected chi connectivity index (χ2v) is 7.78. The van der Waals surface area contributed by atoms with Crippen LogP contribution < -0.4 is 10.1 Å². The maximum atomic E-state index is 12.6. The summed E-state index contributed by atoms with van der Waals surface area (Å²) in [5.41, 5.74) is 1.64. The highest BCUT2D eigenvalue weighted by Crippen LogP contribution is 2.19. The molecule has 10 nitrogen and oxygen atoms in total. The van der Waals surface area contributed by atoms with Crippen molar-refractivity contribution in [2.45, 2.75) is 20.0 Å². The van der Waals surface area contributed by atoms with Gasteiger partial charge in [0.2, 0.25) is 5.01 Å². The number of esters is 1. The van der Waals surface area contributed by atoms with E-state index in [9.17, 15) is 9.59 Å². The summed E-state index contributed by atoms with van der Waals surface area (Å²) in [6, 6.07) is 12.4. The Balaban J connectivity index is 1.38. The molecule has 0 atom stereocenters. The summed E-state index contributed by atoms with van der Waals surface area (Å²) in [6.07, 6.45) is 3.69. The molecule has 3 aromatic heterocycles. The Bertz CT molecular complexity index is 1250. The number of aromatic nitrogens is 5. The van der Waals surface area contributed by atoms with Crippen LogP contribution in [0.4, 0.5) is 5.69 Å². The van der Waals surface area contributed by atoms with Crippen LogP contribution in [0, 0.1) is 0 Å². The lowest BCUT2D eigenvalue weighted by atomic mass is 10.2. The third kappa shape index (κ3) is 5.04. The summed E-state index contributed by atoms with van der Waals surface area (Å²) < 4.78 is 12.1. The van der Waals surface area contributed by atoms with Gasteiger partial charge in [-0.15, -0.1) is 10.2 Å². The van der Waals surface area contributed by atoms with Gasteiger partial charge in [0.25, 0.3) is 5.91 Å². The van der Waals surface area contributed by atoms with Crippen LogP contribution >= 0.6 is 11.3 Å². The molecular weight excluding hydrogens is 444 g/mol. The standard InChI is InChI=1S/C22H20N6O4S/c1-3-17-16(12-24-28(17)18-6-4-5-11-23-18)22(30)32-13-19-26-27-21(33-19)20(29)25-14-7-9-15(31-2)10-8-14/h4-12H,3,13H2,1-2H3,(H,25,29). The van der Waals surface area contributed by atoms with Gasteiger partial charge in [-0.2, -0.15) is 5.10 Å². The fourth-order valence-electron chi connectivity index (χ4n) is 3.03. The summed E-state index contributed by atoms with van der Waals surface area (Å²) in [7, 11) is 1.57. The van der Waals surface area contributed by atoms with Crippen molar-refractivity contribution in [3.05, 3.63) is 76.1 Å². The number of anilines is 1. The summed E-state index contributed by atoms with van der Waals surface area (Å²) >= 11 is 1.05. The molecule has 33 heavy (non-hydrogen) atoms. The average molecular weight is 465 g/mol. The van der Waals surface area contributed by atoms with E-state index in [1.165, 1.54) is 6.20 Å². The van der Waals surface area contributed by atoms with Crippen molar-refractivity contribution in [1.82, 2.24) is 25.0 Å². The predicted octanol–water partition coefficient (Wildman–Crippen LogP) is 3.30. The molecule has 0 aliphatic heterocycles. The number of carbonyl (C=O) groups excluding carboxylic acids is 2. The van der Waals surface area contributed by atoms with Crippen LogP contribution in [0.15, 0.2) is 54.9 Å². The van der Waals surface area contributed by atoms with E-state index >= 15 is 0 Å². The lowest BCUT2D eigenvalue weighted by Crippen LogP contribution is -2.11. The van der Waals surface area contributed by atoms with Crippen molar-refractivity contribution in [2.24, 2.45) is 0 Å². The van der Waals surface area contributed by atoms with Crippen LogP contribution in [0.3, 0.4) is 0 Å². The maximum Gasteiger partial charge on any atom is 0.342 e. The number of ether oxygens (including phenoxy) is 2. The maximum absolute atomic E-state index is 12.6. The first kappa shape index (κ1) is 22.1. The van der Waals surface area contributed by atoms with E-state index in [1.54, 1.807) is 54.4 Å². The van der Waals surface area contributed by atoms with Crippen molar-refractivity contribution >= 4 is 28.9 Å². The Labute approximate surface area is 193 Å². The minimum Gasteiger partial charge on any atom is -0.497 e. The van der Waals surface area contributed by atoms with Crippen molar-refractivity contribution in [3.63, 3.8) is 0 Å². The van der Waals surface area contributed by atoms with E-state index in [2.05, 4.69) is 25.6 Å². The van der Waals surface area contributed by atoms with Gasteiger partial charge in [0.1, 0.15) is 17.9 Å². The van der Waals surface area contributed by atoms with Gasteiger partial charge in [-0.3, -0.25) is 4.79 Å². The summed E-state index contributed by atoms with van der Waals surface area (Å²) in [6.45, 7) is 1.82. The van der Waals surface area contributed by atoms with E-state index in [0.29, 0.717) is 39.9 Å². The zero-order valence-corrected chi connectivity index (χ0v) is 18.7. The van der Waals surface area contributed by atoms with Gasteiger partial charge >= 0.3 is 5.97 Å². The van der Waals surface area contributed by atoms with E-state index in [1.807, 2.05) is 13.0 Å². The van der Waals surface area contributed by atoms with Crippen molar-refractivity contribution in [3.8, 4) is 11.6 Å². The molecule has 0 fully saturated rings. The number of nitrogens with one attached hydrogen (secondary N) is 1. The molecule has 0 aliphatic rings. The lowest BCUT2D eigenvalue weighted by molar-refractivity contribution is 0.0470. The number of pyridine rings is 1. The number of methoxy groups -OCH3 is 1. The first-order chi connectivity index (χ1) is 16.1. The van der Waals surface area contributed by atoms with Crippen LogP contribution in [0.2, 0.25) is 0 Å². The third-order valence-corrected chi connectivity index (χ3v) is 5.52. The number of hydrogen-bond donors (Lipinski definition) is 1. The summed E-state index contributed by atoms with van der Waals surface area (Å²) in [4.78, 5) is 29.3. The SMILES string of the molecule is CCc1c(C(=O)OCc2nnc(C(=O)Nc3ccc(OC)cc3)s2)cnn1-c1ccccn1. The molecule has 3 heterocycles. The molecule has 0 bridgehead atoms. The van der Waals surface area contributed by atoms with Gasteiger partial charge in [0.05, 0.1) is 19.0 Å². The minimum absolute atomic E-state index is 0.107. The second kappa shape index (κ2) is 10.0. The Morgan fingerprint density at radius 3 is 2.64 bits per heavy atom. The van der Waals surface area contributed by atoms with Gasteiger partial charge in [-0.25, -0.2) is 14.5 Å². The number of rotatable bonds is 8. The summed E-state index contributed by atoms with van der Waals surface area (Å²) in [5.74, 6) is 0.364. The fraction of sp³-hybridized carbons (Fsp3) is 0.182. The predicted molar refractivity (Wildman–Crippen MR) is 121 cm³/mol. The minimum atomic E-state index is -0.534. The fourth-order valence-corrected chi connectivity index (χ4v) is 3.68. The topological polar surface area (TPSA) is 121 Å². The lowest BCUT2D eigenvalue weighted by Gasteiger charge is -2.06. The number of nitrogens with zero attached hydrogens (tertiary/aromatic N) is 5. The molecule has 4 rings (SSSR count). The molecule has 1 N–H and O–H groups in total. The normalized spacial score (nSPS) is 10.6. The van der Waals surface area contributed by atoms with Gasteiger partial charge in [0, 0.05) is 11.9 Å². The Morgan fingerprint density at radius 2 is 1.94 bits per heavy atom. The molecule has 0 radical (unpaired) electrons. The molecule has 0 saturated carbocycles. The molecule has 0 aliphatic carbocycles. The molecule has 1 aromatic carbocycles. The zero-order valence-electron chi connectivity index (χ0n) is 17.9. The van der Waals surface area contributed by atoms with Crippen LogP contribution in [-0.2, 0) is 17.8 Å². The molecule has 0 saturated heterocycles. The second-order valence-electron chi connectivity index (χ2n) is 6.72. The highest BCUT2D eigenvalue weighted by molar-refractivity contribution is 7.13. The highest BCUT2D eigenvalue weighted by atomic mass is 32.1. The Morgan fingerprint density at radius 1 is 1.12 bits per heavy atom. The number of carbonyl (C=O) groups is 2. The quantitative estimate of drug-likeness (QED) is 0.394. The first-order valence-corrected chi connectivity index (χ1v) is 10.8. The largest absolute Gasteiger partial charge is 0.497 e. The van der Waals surface area contributed by atoms with E-state index in [4.69, 9.17) is 9.47 Å². The van der Waals surface area contributed by atoms with Crippen LogP contribution in [0.25, 0.3) is 5.82 Å². The Kier molecular flexibility index (Phi) is 6.69. The van der Waals surface area contributed by atoms with E-state index in [-0.39, 0.29) is 11.6 Å². The van der Waals surface area contributed by atoms with Gasteiger partial charge < -0.3 is 14.8 Å². The van der Waals surface area contributed by atoms with Gasteiger partial charge in [-0.05, 0) is 42.8 Å². The van der Waals surface area contributed by atoms with Crippen molar-refractivity contribution in [2.75, 3.05) is 12.4 Å². The van der Waals surface area contributed by atoms with Crippen LogP contribution in [-0.4, -0.2) is 43.9 Å². The average Bonchev–Trinajstić information content (AvgIpc) is 3.51. The molecule has 0 spiro atoms. The van der Waals surface area contributed by atoms with E-state index in [0.717, 1.165) is 11.3 Å². The van der Waals surface area contributed by atoms with Crippen LogP contribution in [0.1, 0.15) is 37.8 Å². The zero-order chi connectivity index (χ0) is 23.2. The van der Waals surface area contributed by atoms with Crippen molar-refractivity contribution in [1.29, 1.82) is 0 Å². The molecule has 168 valence electrons. The van der Waals surface area contributed by atoms with Crippen molar-refractivity contribution < 1.29 is 19.1 Å². The van der Waals surface area contributed by atoms with E-state index < -0.39 is 11.9 Å². The smallest absolute Gasteiger partial charge is 0.342 e. The Hall–Kier alpha value is -4.12. The third-order valence-electron chi connectivity index (χ3n) is 4.63. The van der Waals surface area contributed by atoms with Gasteiger partial charge in [-0.1, -0.05) is 24.3 Å². The summed E-state index contributed by atoms with van der Waals surface area (Å²) in [5, 5.41) is 15.4. The molecule has 1 amide bonds. The first-order valence-electron chi connectivity index (χ1n) is 10.0. The number of amides is 1. The number of benzene rings is 1. The molecule has 11 heteroatoms. The molecular formula is C22H20N6O4S. The number of hydrogen-bond acceptors (Lipinski definition) is 9.